The quantitative estimate of drug-likeness (QED) is 0.496. The lowest BCUT2D eigenvalue weighted by Crippen LogP contribution is -2.04. The summed E-state index contributed by atoms with van der Waals surface area (Å²) in [4.78, 5) is 19.7. The van der Waals surface area contributed by atoms with Gasteiger partial charge in [-0.25, -0.2) is 14.8 Å². The second-order valence-electron chi connectivity index (χ2n) is 5.65. The lowest BCUT2D eigenvalue weighted by atomic mass is 10.2. The number of para-hydroxylation sites is 1. The van der Waals surface area contributed by atoms with E-state index in [9.17, 15) is 4.79 Å². The molecule has 0 fully saturated rings. The summed E-state index contributed by atoms with van der Waals surface area (Å²) in [7, 11) is 0. The number of halogens is 1. The van der Waals surface area contributed by atoms with Crippen LogP contribution < -0.4 is 15.9 Å². The smallest absolute Gasteiger partial charge is 0.483 e. The highest BCUT2D eigenvalue weighted by Gasteiger charge is 2.14. The maximum Gasteiger partial charge on any atom is 0.519 e. The summed E-state index contributed by atoms with van der Waals surface area (Å²) in [5, 5.41) is 3.99. The van der Waals surface area contributed by atoms with E-state index in [1.807, 2.05) is 24.3 Å². The first-order valence-electron chi connectivity index (χ1n) is 8.05. The number of aromatic nitrogens is 2. The van der Waals surface area contributed by atoms with Crippen LogP contribution in [0.4, 0.5) is 5.82 Å². The Balaban J connectivity index is 1.63. The van der Waals surface area contributed by atoms with Gasteiger partial charge in [-0.2, -0.15) is 0 Å². The maximum atomic E-state index is 11.2. The zero-order chi connectivity index (χ0) is 18.8. The van der Waals surface area contributed by atoms with Gasteiger partial charge in [-0.3, -0.25) is 0 Å². The van der Waals surface area contributed by atoms with Crippen LogP contribution in [-0.2, 0) is 13.2 Å². The van der Waals surface area contributed by atoms with Crippen LogP contribution in [0.2, 0.25) is 5.28 Å². The molecule has 4 rings (SSSR count). The minimum Gasteiger partial charge on any atom is -0.483 e. The second kappa shape index (κ2) is 7.16. The molecule has 0 amide bonds. The van der Waals surface area contributed by atoms with Gasteiger partial charge in [-0.1, -0.05) is 6.07 Å². The molecule has 4 aromatic rings. The van der Waals surface area contributed by atoms with E-state index < -0.39 is 5.82 Å². The lowest BCUT2D eigenvalue weighted by Gasteiger charge is -2.11. The lowest BCUT2D eigenvalue weighted by molar-refractivity contribution is 0.264. The highest BCUT2D eigenvalue weighted by Crippen LogP contribution is 2.30. The fourth-order valence-corrected chi connectivity index (χ4v) is 2.75. The van der Waals surface area contributed by atoms with Gasteiger partial charge in [0.1, 0.15) is 29.5 Å². The molecule has 0 radical (unpaired) electrons. The first-order chi connectivity index (χ1) is 13.1. The zero-order valence-corrected chi connectivity index (χ0v) is 14.9. The summed E-state index contributed by atoms with van der Waals surface area (Å²) in [5.41, 5.74) is 0.530. The number of hydrogen-bond donors (Lipinski definition) is 1. The number of ether oxygens (including phenoxy) is 1. The molecule has 0 unspecified atom stereocenters. The number of nitrogens with one attached hydrogen (secondary N) is 1. The van der Waals surface area contributed by atoms with Gasteiger partial charge >= 0.3 is 5.82 Å². The topological polar surface area (TPSA) is 104 Å². The molecule has 0 aliphatic rings. The molecule has 0 aliphatic heterocycles. The van der Waals surface area contributed by atoms with Gasteiger partial charge in [0.2, 0.25) is 5.28 Å². The average molecular weight is 388 g/mol. The molecule has 0 saturated heterocycles. The number of anilines is 1. The van der Waals surface area contributed by atoms with Crippen LogP contribution >= 0.6 is 11.6 Å². The first kappa shape index (κ1) is 17.2. The molecular weight excluding hydrogens is 374 g/mol. The number of furan rings is 1. The van der Waals surface area contributed by atoms with E-state index >= 15 is 0 Å². The largest absolute Gasteiger partial charge is 0.519 e. The molecule has 138 valence electrons. The number of hydrogen-bond acceptors (Lipinski definition) is 8. The van der Waals surface area contributed by atoms with Gasteiger partial charge in [0.25, 0.3) is 0 Å². The normalized spacial score (nSPS) is 11.0. The van der Waals surface area contributed by atoms with Crippen molar-refractivity contribution in [2.24, 2.45) is 0 Å². The monoisotopic (exact) mass is 387 g/mol. The van der Waals surface area contributed by atoms with Crippen LogP contribution in [0.5, 0.6) is 5.75 Å². The SMILES string of the molecule is Cc1oc(=O)oc1COc1cccc2c(NCc3ccco3)nc(Cl)nc12. The molecule has 3 aromatic heterocycles. The molecule has 3 heterocycles. The van der Waals surface area contributed by atoms with E-state index in [0.717, 1.165) is 11.1 Å². The Morgan fingerprint density at radius 1 is 1.19 bits per heavy atom. The van der Waals surface area contributed by atoms with Gasteiger partial charge in [0, 0.05) is 5.39 Å². The van der Waals surface area contributed by atoms with Crippen molar-refractivity contribution < 1.29 is 18.0 Å². The minimum absolute atomic E-state index is 0.0213. The van der Waals surface area contributed by atoms with Gasteiger partial charge in [-0.05, 0) is 42.8 Å². The summed E-state index contributed by atoms with van der Waals surface area (Å²) in [5.74, 6) is 1.70. The number of nitrogens with zero attached hydrogens (tertiary/aromatic N) is 2. The highest BCUT2D eigenvalue weighted by molar-refractivity contribution is 6.29. The molecule has 8 nitrogen and oxygen atoms in total. The Morgan fingerprint density at radius 3 is 2.81 bits per heavy atom. The van der Waals surface area contributed by atoms with Crippen LogP contribution in [0.15, 0.2) is 54.6 Å². The summed E-state index contributed by atoms with van der Waals surface area (Å²) in [6.45, 7) is 2.09. The van der Waals surface area contributed by atoms with E-state index in [0.29, 0.717) is 35.1 Å². The third-order valence-electron chi connectivity index (χ3n) is 3.87. The van der Waals surface area contributed by atoms with Crippen LogP contribution in [0.1, 0.15) is 17.3 Å². The zero-order valence-electron chi connectivity index (χ0n) is 14.2. The van der Waals surface area contributed by atoms with E-state index in [4.69, 9.17) is 29.6 Å². The Labute approximate surface area is 157 Å². The second-order valence-corrected chi connectivity index (χ2v) is 5.99. The van der Waals surface area contributed by atoms with Crippen molar-refractivity contribution in [3.8, 4) is 5.75 Å². The first-order valence-corrected chi connectivity index (χ1v) is 8.42. The Hall–Kier alpha value is -3.26. The molecule has 0 bridgehead atoms. The number of aryl methyl sites for hydroxylation is 1. The molecule has 1 N–H and O–H groups in total. The molecule has 0 atom stereocenters. The van der Waals surface area contributed by atoms with E-state index in [-0.39, 0.29) is 11.9 Å². The maximum absolute atomic E-state index is 11.2. The van der Waals surface area contributed by atoms with Crippen LogP contribution in [0.3, 0.4) is 0 Å². The van der Waals surface area contributed by atoms with Crippen LogP contribution in [0.25, 0.3) is 10.9 Å². The van der Waals surface area contributed by atoms with Crippen LogP contribution in [0, 0.1) is 6.92 Å². The number of benzene rings is 1. The van der Waals surface area contributed by atoms with Crippen molar-refractivity contribution in [3.63, 3.8) is 0 Å². The summed E-state index contributed by atoms with van der Waals surface area (Å²) in [6.07, 6.45) is 1.60. The van der Waals surface area contributed by atoms with Crippen molar-refractivity contribution in [2.45, 2.75) is 20.1 Å². The van der Waals surface area contributed by atoms with Gasteiger partial charge < -0.3 is 23.3 Å². The minimum atomic E-state index is -0.765. The van der Waals surface area contributed by atoms with Crippen molar-refractivity contribution in [1.29, 1.82) is 0 Å². The average Bonchev–Trinajstić information content (AvgIpc) is 3.27. The van der Waals surface area contributed by atoms with Gasteiger partial charge in [0.05, 0.1) is 12.8 Å². The Morgan fingerprint density at radius 2 is 2.07 bits per heavy atom. The standard InChI is InChI=1S/C18H14ClN3O5/c1-10-14(27-18(23)26-10)9-25-13-6-2-5-12-15(13)21-17(19)22-16(12)20-8-11-4-3-7-24-11/h2-7H,8-9H2,1H3,(H,20,21,22). The van der Waals surface area contributed by atoms with E-state index in [2.05, 4.69) is 15.3 Å². The van der Waals surface area contributed by atoms with Crippen molar-refractivity contribution in [1.82, 2.24) is 9.97 Å². The predicted octanol–water partition coefficient (Wildman–Crippen LogP) is 3.92. The molecule has 0 aliphatic carbocycles. The fourth-order valence-electron chi connectivity index (χ4n) is 2.58. The highest BCUT2D eigenvalue weighted by atomic mass is 35.5. The van der Waals surface area contributed by atoms with E-state index in [1.54, 1.807) is 19.3 Å². The molecule has 9 heteroatoms. The van der Waals surface area contributed by atoms with Gasteiger partial charge in [-0.15, -0.1) is 0 Å². The Bertz CT molecular complexity index is 1130. The van der Waals surface area contributed by atoms with Crippen molar-refractivity contribution in [2.75, 3.05) is 5.32 Å². The third-order valence-corrected chi connectivity index (χ3v) is 4.04. The van der Waals surface area contributed by atoms with Crippen molar-refractivity contribution in [3.05, 3.63) is 69.8 Å². The van der Waals surface area contributed by atoms with E-state index in [1.165, 1.54) is 0 Å². The van der Waals surface area contributed by atoms with Crippen molar-refractivity contribution >= 4 is 28.3 Å². The third kappa shape index (κ3) is 3.65. The molecule has 0 spiro atoms. The molecule has 27 heavy (non-hydrogen) atoms. The molecule has 0 saturated carbocycles. The fraction of sp³-hybridized carbons (Fsp3) is 0.167. The van der Waals surface area contributed by atoms with Crippen LogP contribution in [-0.4, -0.2) is 9.97 Å². The molecular formula is C18H14ClN3O5. The number of fused-ring (bicyclic) bond motifs is 1. The summed E-state index contributed by atoms with van der Waals surface area (Å²) in [6, 6.07) is 9.07. The predicted molar refractivity (Wildman–Crippen MR) is 96.9 cm³/mol. The number of rotatable bonds is 6. The van der Waals surface area contributed by atoms with Gasteiger partial charge in [0.15, 0.2) is 11.5 Å². The Kier molecular flexibility index (Phi) is 4.55. The molecule has 1 aromatic carbocycles. The summed E-state index contributed by atoms with van der Waals surface area (Å²) < 4.78 is 20.9. The summed E-state index contributed by atoms with van der Waals surface area (Å²) >= 11 is 6.09.